The molecule has 0 aliphatic heterocycles. The zero-order chi connectivity index (χ0) is 12.5. The molecule has 2 aliphatic rings. The SMILES string of the molecule is CON[C@@](C)(N)C[C@H]1C[C@@H](C)CC[C@H]2CC[C@H]21. The average molecular weight is 240 g/mol. The molecule has 3 nitrogen and oxygen atoms in total. The molecule has 0 saturated heterocycles. The van der Waals surface area contributed by atoms with Crippen molar-refractivity contribution in [2.24, 2.45) is 29.4 Å². The standard InChI is InChI=1S/C14H28N2O/c1-10-4-5-11-6-7-13(11)12(8-10)9-14(2,15)16-17-3/h10-13,16H,4-9,15H2,1-3H3/t10-,11-,12+,13+,14+/m0/s1. The molecule has 0 radical (unpaired) electrons. The van der Waals surface area contributed by atoms with Crippen LogP contribution in [0.2, 0.25) is 0 Å². The van der Waals surface area contributed by atoms with Crippen molar-refractivity contribution in [1.82, 2.24) is 5.48 Å². The molecule has 0 spiro atoms. The third kappa shape index (κ3) is 3.21. The van der Waals surface area contributed by atoms with Crippen LogP contribution < -0.4 is 11.2 Å². The highest BCUT2D eigenvalue weighted by Crippen LogP contribution is 2.49. The van der Waals surface area contributed by atoms with Crippen LogP contribution in [0.4, 0.5) is 0 Å². The molecule has 0 heterocycles. The van der Waals surface area contributed by atoms with Crippen molar-refractivity contribution in [1.29, 1.82) is 0 Å². The Labute approximate surface area is 105 Å². The second-order valence-corrected chi connectivity index (χ2v) is 6.61. The molecule has 0 aromatic heterocycles. The predicted octanol–water partition coefficient (Wildman–Crippen LogP) is 2.66. The molecule has 0 bridgehead atoms. The number of fused-ring (bicyclic) bond motifs is 1. The smallest absolute Gasteiger partial charge is 0.0871 e. The highest BCUT2D eigenvalue weighted by Gasteiger charge is 2.41. The lowest BCUT2D eigenvalue weighted by Crippen LogP contribution is -2.52. The van der Waals surface area contributed by atoms with E-state index in [9.17, 15) is 0 Å². The Balaban J connectivity index is 1.97. The van der Waals surface area contributed by atoms with Gasteiger partial charge in [-0.1, -0.05) is 13.3 Å². The van der Waals surface area contributed by atoms with Crippen molar-refractivity contribution in [2.75, 3.05) is 7.11 Å². The highest BCUT2D eigenvalue weighted by molar-refractivity contribution is 4.92. The second kappa shape index (κ2) is 5.25. The van der Waals surface area contributed by atoms with E-state index in [4.69, 9.17) is 10.6 Å². The van der Waals surface area contributed by atoms with Gasteiger partial charge in [-0.3, -0.25) is 0 Å². The molecule has 2 saturated carbocycles. The van der Waals surface area contributed by atoms with Gasteiger partial charge in [0, 0.05) is 0 Å². The first-order valence-corrected chi connectivity index (χ1v) is 7.11. The molecular weight excluding hydrogens is 212 g/mol. The number of hydroxylamine groups is 1. The summed E-state index contributed by atoms with van der Waals surface area (Å²) in [4.78, 5) is 5.01. The minimum Gasteiger partial charge on any atom is -0.312 e. The minimum absolute atomic E-state index is 0.385. The number of hydrogen-bond donors (Lipinski definition) is 2. The van der Waals surface area contributed by atoms with E-state index in [0.717, 1.165) is 30.1 Å². The van der Waals surface area contributed by atoms with E-state index in [1.54, 1.807) is 7.11 Å². The summed E-state index contributed by atoms with van der Waals surface area (Å²) >= 11 is 0. The fourth-order valence-corrected chi connectivity index (χ4v) is 3.94. The van der Waals surface area contributed by atoms with Crippen LogP contribution in [0.1, 0.15) is 52.4 Å². The van der Waals surface area contributed by atoms with Crippen LogP contribution >= 0.6 is 0 Å². The average Bonchev–Trinajstić information content (AvgIpc) is 2.22. The van der Waals surface area contributed by atoms with Crippen LogP contribution in [-0.4, -0.2) is 12.8 Å². The quantitative estimate of drug-likeness (QED) is 0.586. The van der Waals surface area contributed by atoms with Crippen molar-refractivity contribution in [3.05, 3.63) is 0 Å². The predicted molar refractivity (Wildman–Crippen MR) is 70.1 cm³/mol. The summed E-state index contributed by atoms with van der Waals surface area (Å²) in [6.07, 6.45) is 8.11. The number of nitrogens with one attached hydrogen (secondary N) is 1. The van der Waals surface area contributed by atoms with E-state index in [1.807, 2.05) is 6.92 Å². The van der Waals surface area contributed by atoms with Crippen LogP contribution in [0.3, 0.4) is 0 Å². The molecule has 0 amide bonds. The maximum Gasteiger partial charge on any atom is 0.0871 e. The van der Waals surface area contributed by atoms with Crippen molar-refractivity contribution in [3.63, 3.8) is 0 Å². The van der Waals surface area contributed by atoms with Gasteiger partial charge < -0.3 is 10.6 Å². The Morgan fingerprint density at radius 3 is 2.59 bits per heavy atom. The minimum atomic E-state index is -0.385. The maximum atomic E-state index is 6.25. The Morgan fingerprint density at radius 1 is 1.29 bits per heavy atom. The molecule has 0 unspecified atom stereocenters. The van der Waals surface area contributed by atoms with E-state index in [-0.39, 0.29) is 5.66 Å². The van der Waals surface area contributed by atoms with E-state index < -0.39 is 0 Å². The molecular formula is C14H28N2O. The number of hydrogen-bond acceptors (Lipinski definition) is 3. The lowest BCUT2D eigenvalue weighted by atomic mass is 9.64. The second-order valence-electron chi connectivity index (χ2n) is 6.61. The van der Waals surface area contributed by atoms with Gasteiger partial charge in [0.2, 0.25) is 0 Å². The summed E-state index contributed by atoms with van der Waals surface area (Å²) in [5.74, 6) is 3.57. The molecule has 0 aromatic rings. The fourth-order valence-electron chi connectivity index (χ4n) is 3.94. The summed E-state index contributed by atoms with van der Waals surface area (Å²) in [7, 11) is 1.65. The van der Waals surface area contributed by atoms with Gasteiger partial charge >= 0.3 is 0 Å². The summed E-state index contributed by atoms with van der Waals surface area (Å²) in [6.45, 7) is 4.44. The fraction of sp³-hybridized carbons (Fsp3) is 1.00. The van der Waals surface area contributed by atoms with Gasteiger partial charge in [0.05, 0.1) is 12.8 Å². The zero-order valence-corrected chi connectivity index (χ0v) is 11.5. The van der Waals surface area contributed by atoms with Gasteiger partial charge in [0.25, 0.3) is 0 Å². The van der Waals surface area contributed by atoms with E-state index >= 15 is 0 Å². The lowest BCUT2D eigenvalue weighted by Gasteiger charge is -2.43. The molecule has 2 fully saturated rings. The third-order valence-electron chi connectivity index (χ3n) is 4.84. The van der Waals surface area contributed by atoms with Crippen LogP contribution in [0.25, 0.3) is 0 Å². The Morgan fingerprint density at radius 2 is 2.00 bits per heavy atom. The van der Waals surface area contributed by atoms with Crippen molar-refractivity contribution in [2.45, 2.75) is 58.0 Å². The molecule has 5 atom stereocenters. The van der Waals surface area contributed by atoms with Crippen LogP contribution in [0, 0.1) is 23.7 Å². The Kier molecular flexibility index (Phi) is 4.11. The molecule has 3 N–H and O–H groups in total. The molecule has 0 aromatic carbocycles. The van der Waals surface area contributed by atoms with Crippen molar-refractivity contribution < 1.29 is 4.84 Å². The molecule has 100 valence electrons. The first-order valence-electron chi connectivity index (χ1n) is 7.11. The van der Waals surface area contributed by atoms with Crippen LogP contribution in [0.5, 0.6) is 0 Å². The topological polar surface area (TPSA) is 47.3 Å². The lowest BCUT2D eigenvalue weighted by molar-refractivity contribution is -0.00556. The van der Waals surface area contributed by atoms with Gasteiger partial charge in [0.1, 0.15) is 0 Å². The van der Waals surface area contributed by atoms with E-state index in [2.05, 4.69) is 12.4 Å². The zero-order valence-electron chi connectivity index (χ0n) is 11.5. The van der Waals surface area contributed by atoms with Gasteiger partial charge in [0.15, 0.2) is 0 Å². The molecule has 3 heteroatoms. The number of rotatable bonds is 4. The highest BCUT2D eigenvalue weighted by atomic mass is 16.6. The van der Waals surface area contributed by atoms with Gasteiger partial charge in [-0.15, -0.1) is 0 Å². The molecule has 2 aliphatic carbocycles. The monoisotopic (exact) mass is 240 g/mol. The normalized spacial score (nSPS) is 40.9. The van der Waals surface area contributed by atoms with Crippen molar-refractivity contribution >= 4 is 0 Å². The Bertz CT molecular complexity index is 255. The largest absolute Gasteiger partial charge is 0.312 e. The van der Waals surface area contributed by atoms with E-state index in [1.165, 1.54) is 32.1 Å². The molecule has 2 rings (SSSR count). The third-order valence-corrected chi connectivity index (χ3v) is 4.84. The maximum absolute atomic E-state index is 6.25. The van der Waals surface area contributed by atoms with Crippen LogP contribution in [-0.2, 0) is 4.84 Å². The first kappa shape index (κ1) is 13.3. The molecule has 17 heavy (non-hydrogen) atoms. The summed E-state index contributed by atoms with van der Waals surface area (Å²) in [5, 5.41) is 0. The van der Waals surface area contributed by atoms with Gasteiger partial charge in [-0.05, 0) is 62.7 Å². The number of nitrogens with two attached hydrogens (primary N) is 1. The Hall–Kier alpha value is -0.120. The van der Waals surface area contributed by atoms with Crippen LogP contribution in [0.15, 0.2) is 0 Å². The van der Waals surface area contributed by atoms with Gasteiger partial charge in [-0.2, -0.15) is 5.48 Å². The summed E-state index contributed by atoms with van der Waals surface area (Å²) in [6, 6.07) is 0. The first-order chi connectivity index (χ1) is 8.02. The van der Waals surface area contributed by atoms with Crippen molar-refractivity contribution in [3.8, 4) is 0 Å². The van der Waals surface area contributed by atoms with E-state index in [0.29, 0.717) is 0 Å². The van der Waals surface area contributed by atoms with Gasteiger partial charge in [-0.25, -0.2) is 0 Å². The summed E-state index contributed by atoms with van der Waals surface area (Å²) in [5.41, 5.74) is 8.81. The summed E-state index contributed by atoms with van der Waals surface area (Å²) < 4.78 is 0.